The van der Waals surface area contributed by atoms with Gasteiger partial charge in [-0.25, -0.2) is 4.68 Å². The van der Waals surface area contributed by atoms with Gasteiger partial charge in [0.25, 0.3) is 0 Å². The fourth-order valence-electron chi connectivity index (χ4n) is 7.36. The fraction of sp³-hybridized carbons (Fsp3) is 0.594. The molecule has 5 atom stereocenters. The van der Waals surface area contributed by atoms with Crippen LogP contribution in [0.5, 0.6) is 0 Å². The number of aromatic nitrogens is 3. The van der Waals surface area contributed by atoms with Crippen LogP contribution in [-0.2, 0) is 25.8 Å². The monoisotopic (exact) mass is 592 g/mol. The van der Waals surface area contributed by atoms with E-state index >= 15 is 0 Å². The van der Waals surface area contributed by atoms with Crippen LogP contribution in [-0.4, -0.2) is 103 Å². The normalized spacial score (nSPS) is 25.7. The molecule has 3 aliphatic rings. The molecule has 0 saturated carbocycles. The molecule has 11 nitrogen and oxygen atoms in total. The van der Waals surface area contributed by atoms with Crippen LogP contribution in [0.4, 0.5) is 0 Å². The van der Waals surface area contributed by atoms with Crippen LogP contribution >= 0.6 is 0 Å². The minimum atomic E-state index is -1.07. The van der Waals surface area contributed by atoms with Gasteiger partial charge in [-0.15, -0.1) is 18.3 Å². The molecule has 2 bridgehead atoms. The highest BCUT2D eigenvalue weighted by molar-refractivity contribution is 5.99. The molecule has 3 fully saturated rings. The number of amides is 3. The van der Waals surface area contributed by atoms with Gasteiger partial charge in [0.15, 0.2) is 0 Å². The number of benzene rings is 1. The van der Waals surface area contributed by atoms with E-state index in [1.807, 2.05) is 31.2 Å². The Kier molecular flexibility index (Phi) is 9.61. The number of carbonyl (C=O) groups excluding carboxylic acids is 3. The van der Waals surface area contributed by atoms with Gasteiger partial charge in [-0.05, 0) is 44.2 Å². The summed E-state index contributed by atoms with van der Waals surface area (Å²) >= 11 is 0. The van der Waals surface area contributed by atoms with E-state index in [1.54, 1.807) is 31.5 Å². The molecule has 1 aromatic heterocycles. The summed E-state index contributed by atoms with van der Waals surface area (Å²) in [6, 6.07) is 6.70. The topological polar surface area (TPSA) is 121 Å². The van der Waals surface area contributed by atoms with Crippen molar-refractivity contribution in [2.24, 2.45) is 11.8 Å². The number of likely N-dealkylation sites (tertiary alicyclic amines) is 1. The maximum Gasteiger partial charge on any atom is 0.250 e. The van der Waals surface area contributed by atoms with Crippen molar-refractivity contribution >= 4 is 28.8 Å². The van der Waals surface area contributed by atoms with Crippen LogP contribution in [0.15, 0.2) is 49.6 Å². The van der Waals surface area contributed by atoms with E-state index in [-0.39, 0.29) is 37.5 Å². The molecule has 2 aromatic rings. The third-order valence-electron chi connectivity index (χ3n) is 9.17. The maximum absolute atomic E-state index is 14.6. The summed E-state index contributed by atoms with van der Waals surface area (Å²) in [5, 5.41) is 17.7. The molecule has 43 heavy (non-hydrogen) atoms. The van der Waals surface area contributed by atoms with Crippen LogP contribution in [0.2, 0.25) is 0 Å². The lowest BCUT2D eigenvalue weighted by Gasteiger charge is -2.37. The van der Waals surface area contributed by atoms with Crippen molar-refractivity contribution in [2.45, 2.75) is 76.3 Å². The molecule has 232 valence electrons. The number of carbonyl (C=O) groups is 3. The first-order chi connectivity index (χ1) is 20.9. The van der Waals surface area contributed by atoms with Gasteiger partial charge < -0.3 is 24.5 Å². The largest absolute Gasteiger partial charge is 0.396 e. The first-order valence-electron chi connectivity index (χ1n) is 15.6. The zero-order chi connectivity index (χ0) is 30.6. The van der Waals surface area contributed by atoms with Crippen LogP contribution in [0.25, 0.3) is 11.0 Å². The Hall–Kier alpha value is -3.57. The molecule has 1 aromatic carbocycles. The van der Waals surface area contributed by atoms with Crippen molar-refractivity contribution < 1.29 is 24.2 Å². The number of nitrogens with zero attached hydrogens (tertiary/aromatic N) is 6. The summed E-state index contributed by atoms with van der Waals surface area (Å²) in [5.41, 5.74) is 0.453. The second-order valence-corrected chi connectivity index (χ2v) is 11.9. The molecule has 1 spiro atoms. The van der Waals surface area contributed by atoms with Crippen molar-refractivity contribution in [1.82, 2.24) is 29.7 Å². The Morgan fingerprint density at radius 1 is 1.12 bits per heavy atom. The molecule has 1 N–H and O–H groups in total. The Morgan fingerprint density at radius 3 is 2.60 bits per heavy atom. The second kappa shape index (κ2) is 13.4. The van der Waals surface area contributed by atoms with Crippen molar-refractivity contribution in [3.05, 3.63) is 49.6 Å². The number of aliphatic hydroxyl groups excluding tert-OH is 1. The first-order valence-corrected chi connectivity index (χ1v) is 15.6. The second-order valence-electron chi connectivity index (χ2n) is 11.9. The van der Waals surface area contributed by atoms with Gasteiger partial charge in [-0.1, -0.05) is 49.3 Å². The molecule has 5 rings (SSSR count). The number of rotatable bonds is 16. The smallest absolute Gasteiger partial charge is 0.250 e. The zero-order valence-corrected chi connectivity index (χ0v) is 25.1. The molecule has 4 heterocycles. The fourth-order valence-corrected chi connectivity index (χ4v) is 7.36. The summed E-state index contributed by atoms with van der Waals surface area (Å²) in [7, 11) is 0. The Labute approximate surface area is 253 Å². The SMILES string of the molecule is C=CCN(Cn1nnc2ccccc21)C(=O)C1N(CCCCCCO)C(=O)[C@@H]2[C@@H](C(=O)N(CC=C)CCC)[C@H]3CCC12O3. The molecule has 2 unspecified atom stereocenters. The average molecular weight is 593 g/mol. The maximum atomic E-state index is 14.6. The lowest BCUT2D eigenvalue weighted by Crippen LogP contribution is -2.56. The third kappa shape index (κ3) is 5.60. The van der Waals surface area contributed by atoms with E-state index in [1.165, 1.54) is 0 Å². The van der Waals surface area contributed by atoms with Crippen molar-refractivity contribution in [1.29, 1.82) is 0 Å². The summed E-state index contributed by atoms with van der Waals surface area (Å²) < 4.78 is 8.34. The Morgan fingerprint density at radius 2 is 1.86 bits per heavy atom. The summed E-state index contributed by atoms with van der Waals surface area (Å²) in [4.78, 5) is 48.0. The van der Waals surface area contributed by atoms with Crippen molar-refractivity contribution in [3.63, 3.8) is 0 Å². The zero-order valence-electron chi connectivity index (χ0n) is 25.1. The van der Waals surface area contributed by atoms with Crippen molar-refractivity contribution in [2.75, 3.05) is 32.8 Å². The number of hydrogen-bond acceptors (Lipinski definition) is 7. The Balaban J connectivity index is 1.48. The summed E-state index contributed by atoms with van der Waals surface area (Å²) in [6.07, 6.45) is 7.96. The van der Waals surface area contributed by atoms with Gasteiger partial charge in [0.2, 0.25) is 17.7 Å². The summed E-state index contributed by atoms with van der Waals surface area (Å²) in [6.45, 7) is 11.6. The lowest BCUT2D eigenvalue weighted by molar-refractivity contribution is -0.149. The van der Waals surface area contributed by atoms with E-state index in [4.69, 9.17) is 4.74 Å². The molecule has 3 amide bonds. The van der Waals surface area contributed by atoms with Crippen LogP contribution in [0.1, 0.15) is 51.9 Å². The van der Waals surface area contributed by atoms with Crippen LogP contribution < -0.4 is 0 Å². The molecule has 0 radical (unpaired) electrons. The third-order valence-corrected chi connectivity index (χ3v) is 9.17. The number of hydrogen-bond donors (Lipinski definition) is 1. The van der Waals surface area contributed by atoms with E-state index in [9.17, 15) is 19.5 Å². The predicted octanol–water partition coefficient (Wildman–Crippen LogP) is 2.76. The van der Waals surface area contributed by atoms with Gasteiger partial charge in [-0.2, -0.15) is 0 Å². The van der Waals surface area contributed by atoms with Gasteiger partial charge in [0.05, 0.1) is 23.5 Å². The molecule has 3 saturated heterocycles. The quantitative estimate of drug-likeness (QED) is 0.235. The van der Waals surface area contributed by atoms with Crippen LogP contribution in [0.3, 0.4) is 0 Å². The molecule has 0 aliphatic carbocycles. The average Bonchev–Trinajstić information content (AvgIpc) is 3.76. The minimum absolute atomic E-state index is 0.0975. The van der Waals surface area contributed by atoms with E-state index in [2.05, 4.69) is 23.5 Å². The van der Waals surface area contributed by atoms with Gasteiger partial charge in [-0.3, -0.25) is 14.4 Å². The van der Waals surface area contributed by atoms with E-state index < -0.39 is 29.6 Å². The van der Waals surface area contributed by atoms with Crippen molar-refractivity contribution in [3.8, 4) is 0 Å². The number of unbranched alkanes of at least 4 members (excludes halogenated alkanes) is 3. The van der Waals surface area contributed by atoms with E-state index in [0.29, 0.717) is 45.3 Å². The van der Waals surface area contributed by atoms with Crippen LogP contribution in [0, 0.1) is 11.8 Å². The lowest BCUT2D eigenvalue weighted by atomic mass is 9.70. The molecule has 3 aliphatic heterocycles. The van der Waals surface area contributed by atoms with Gasteiger partial charge >= 0.3 is 0 Å². The first kappa shape index (κ1) is 30.9. The highest BCUT2D eigenvalue weighted by Crippen LogP contribution is 2.59. The number of aliphatic hydroxyl groups is 1. The van der Waals surface area contributed by atoms with Gasteiger partial charge in [0, 0.05) is 32.8 Å². The molecular weight excluding hydrogens is 548 g/mol. The number of fused-ring (bicyclic) bond motifs is 2. The standard InChI is InChI=1S/C32H44N6O5/c1-4-17-35(18-5-2)29(40)26-25-15-16-32(43-25)27(26)30(41)37(20-11-7-8-12-21-39)28(32)31(42)36(19-6-3)22-38-24-14-10-9-13-23(24)33-34-38/h4,6,9-10,13-14,25-28,39H,1,3,5,7-8,11-12,15-22H2,2H3/t25-,26+,27+,28?,32?/m1/s1. The number of ether oxygens (including phenoxy) is 1. The molecule has 11 heteroatoms. The highest BCUT2D eigenvalue weighted by atomic mass is 16.5. The molecular formula is C32H44N6O5. The highest BCUT2D eigenvalue weighted by Gasteiger charge is 2.74. The Bertz CT molecular complexity index is 1340. The number of para-hydroxylation sites is 1. The van der Waals surface area contributed by atoms with E-state index in [0.717, 1.165) is 30.3 Å². The minimum Gasteiger partial charge on any atom is -0.396 e. The van der Waals surface area contributed by atoms with Gasteiger partial charge in [0.1, 0.15) is 23.8 Å². The predicted molar refractivity (Wildman–Crippen MR) is 161 cm³/mol. The summed E-state index contributed by atoms with van der Waals surface area (Å²) in [5.74, 6) is -1.86.